The van der Waals surface area contributed by atoms with Gasteiger partial charge in [-0.1, -0.05) is 29.8 Å². The van der Waals surface area contributed by atoms with Crippen molar-refractivity contribution < 1.29 is 4.79 Å². The Bertz CT molecular complexity index is 420. The molecule has 2 nitrogen and oxygen atoms in total. The van der Waals surface area contributed by atoms with Gasteiger partial charge in [0.1, 0.15) is 0 Å². The van der Waals surface area contributed by atoms with Crippen molar-refractivity contribution in [3.05, 3.63) is 35.4 Å². The molecule has 0 spiro atoms. The van der Waals surface area contributed by atoms with Crippen molar-refractivity contribution >= 4 is 5.91 Å². The molecule has 2 heteroatoms. The first-order valence-electron chi connectivity index (χ1n) is 6.61. The molecule has 90 valence electrons. The van der Waals surface area contributed by atoms with Crippen LogP contribution in [0.4, 0.5) is 0 Å². The van der Waals surface area contributed by atoms with E-state index in [0.29, 0.717) is 24.4 Å². The van der Waals surface area contributed by atoms with Crippen molar-refractivity contribution in [1.29, 1.82) is 0 Å². The highest BCUT2D eigenvalue weighted by Crippen LogP contribution is 2.37. The average molecular weight is 229 g/mol. The Morgan fingerprint density at radius 2 is 1.88 bits per heavy atom. The first-order chi connectivity index (χ1) is 8.24. The summed E-state index contributed by atoms with van der Waals surface area (Å²) in [6.45, 7) is 2.08. The standard InChI is InChI=1S/C15H19NO/c1-11-3-2-4-12(9-11)10-15(17)16-13-5-6-14(16)8-7-13/h2-4,9,13-14H,5-8,10H2,1H3. The maximum atomic E-state index is 12.3. The van der Waals surface area contributed by atoms with Crippen LogP contribution in [0, 0.1) is 6.92 Å². The van der Waals surface area contributed by atoms with Crippen LogP contribution < -0.4 is 0 Å². The summed E-state index contributed by atoms with van der Waals surface area (Å²) in [7, 11) is 0. The molecular weight excluding hydrogens is 210 g/mol. The van der Waals surface area contributed by atoms with Gasteiger partial charge in [0.05, 0.1) is 6.42 Å². The maximum Gasteiger partial charge on any atom is 0.227 e. The summed E-state index contributed by atoms with van der Waals surface area (Å²) in [6, 6.07) is 9.40. The lowest BCUT2D eigenvalue weighted by atomic mass is 10.0. The minimum Gasteiger partial charge on any atom is -0.336 e. The summed E-state index contributed by atoms with van der Waals surface area (Å²) in [6.07, 6.45) is 5.48. The van der Waals surface area contributed by atoms with Crippen LogP contribution in [0.3, 0.4) is 0 Å². The Morgan fingerprint density at radius 1 is 1.24 bits per heavy atom. The van der Waals surface area contributed by atoms with Crippen LogP contribution in [0.2, 0.25) is 0 Å². The van der Waals surface area contributed by atoms with Crippen LogP contribution in [0.15, 0.2) is 24.3 Å². The summed E-state index contributed by atoms with van der Waals surface area (Å²) in [5, 5.41) is 0. The number of nitrogens with zero attached hydrogens (tertiary/aromatic N) is 1. The second-order valence-corrected chi connectivity index (χ2v) is 5.43. The molecule has 1 aromatic rings. The van der Waals surface area contributed by atoms with E-state index in [1.807, 2.05) is 6.07 Å². The molecule has 2 bridgehead atoms. The van der Waals surface area contributed by atoms with Gasteiger partial charge >= 0.3 is 0 Å². The van der Waals surface area contributed by atoms with E-state index in [-0.39, 0.29) is 0 Å². The van der Waals surface area contributed by atoms with Gasteiger partial charge in [-0.15, -0.1) is 0 Å². The van der Waals surface area contributed by atoms with E-state index in [9.17, 15) is 4.79 Å². The van der Waals surface area contributed by atoms with Crippen molar-refractivity contribution in [2.24, 2.45) is 0 Å². The van der Waals surface area contributed by atoms with Gasteiger partial charge in [0.2, 0.25) is 5.91 Å². The lowest BCUT2D eigenvalue weighted by Crippen LogP contribution is -2.36. The Hall–Kier alpha value is -1.31. The van der Waals surface area contributed by atoms with Crippen LogP contribution in [0.5, 0.6) is 0 Å². The summed E-state index contributed by atoms with van der Waals surface area (Å²) < 4.78 is 0. The van der Waals surface area contributed by atoms with Gasteiger partial charge in [-0.2, -0.15) is 0 Å². The molecule has 0 aliphatic carbocycles. The molecule has 0 unspecified atom stereocenters. The number of hydrogen-bond donors (Lipinski definition) is 0. The van der Waals surface area contributed by atoms with E-state index in [1.165, 1.54) is 31.2 Å². The number of carbonyl (C=O) groups excluding carboxylic acids is 1. The minimum absolute atomic E-state index is 0.334. The van der Waals surface area contributed by atoms with Crippen LogP contribution >= 0.6 is 0 Å². The molecule has 0 N–H and O–H groups in total. The first kappa shape index (κ1) is 10.8. The third-order valence-electron chi connectivity index (χ3n) is 4.18. The van der Waals surface area contributed by atoms with Gasteiger partial charge < -0.3 is 4.90 Å². The third kappa shape index (κ3) is 1.97. The van der Waals surface area contributed by atoms with Crippen LogP contribution in [-0.4, -0.2) is 22.9 Å². The predicted octanol–water partition coefficient (Wildman–Crippen LogP) is 2.69. The fraction of sp³-hybridized carbons (Fsp3) is 0.533. The quantitative estimate of drug-likeness (QED) is 0.763. The Morgan fingerprint density at radius 3 is 2.47 bits per heavy atom. The number of amides is 1. The zero-order valence-electron chi connectivity index (χ0n) is 10.4. The molecule has 2 aliphatic rings. The monoisotopic (exact) mass is 229 g/mol. The molecule has 17 heavy (non-hydrogen) atoms. The number of benzene rings is 1. The van der Waals surface area contributed by atoms with Crippen molar-refractivity contribution in [2.75, 3.05) is 0 Å². The minimum atomic E-state index is 0.334. The van der Waals surface area contributed by atoms with E-state index < -0.39 is 0 Å². The molecule has 2 saturated heterocycles. The van der Waals surface area contributed by atoms with Crippen LogP contribution in [-0.2, 0) is 11.2 Å². The fourth-order valence-corrected chi connectivity index (χ4v) is 3.41. The number of aryl methyl sites for hydroxylation is 1. The van der Waals surface area contributed by atoms with E-state index in [0.717, 1.165) is 5.56 Å². The normalized spacial score (nSPS) is 26.5. The van der Waals surface area contributed by atoms with Gasteiger partial charge in [-0.3, -0.25) is 4.79 Å². The van der Waals surface area contributed by atoms with Crippen LogP contribution in [0.1, 0.15) is 36.8 Å². The second kappa shape index (κ2) is 4.17. The van der Waals surface area contributed by atoms with Gasteiger partial charge in [-0.05, 0) is 38.2 Å². The Balaban J connectivity index is 1.72. The van der Waals surface area contributed by atoms with Crippen molar-refractivity contribution in [3.63, 3.8) is 0 Å². The number of rotatable bonds is 2. The smallest absolute Gasteiger partial charge is 0.227 e. The SMILES string of the molecule is Cc1cccc(CC(=O)N2C3CCC2CC3)c1. The second-order valence-electron chi connectivity index (χ2n) is 5.43. The summed E-state index contributed by atoms with van der Waals surface area (Å²) in [4.78, 5) is 14.5. The van der Waals surface area contributed by atoms with E-state index in [4.69, 9.17) is 0 Å². The topological polar surface area (TPSA) is 20.3 Å². The lowest BCUT2D eigenvalue weighted by Gasteiger charge is -2.22. The van der Waals surface area contributed by atoms with Gasteiger partial charge in [0.25, 0.3) is 0 Å². The zero-order valence-corrected chi connectivity index (χ0v) is 10.4. The van der Waals surface area contributed by atoms with Crippen molar-refractivity contribution in [2.45, 2.75) is 51.1 Å². The lowest BCUT2D eigenvalue weighted by molar-refractivity contribution is -0.131. The predicted molar refractivity (Wildman–Crippen MR) is 67.8 cm³/mol. The van der Waals surface area contributed by atoms with Crippen molar-refractivity contribution in [1.82, 2.24) is 4.90 Å². The highest BCUT2D eigenvalue weighted by molar-refractivity contribution is 5.80. The first-order valence-corrected chi connectivity index (χ1v) is 6.61. The summed E-state index contributed by atoms with van der Waals surface area (Å²) in [5.74, 6) is 0.334. The van der Waals surface area contributed by atoms with Gasteiger partial charge in [-0.25, -0.2) is 0 Å². The average Bonchev–Trinajstić information content (AvgIpc) is 2.88. The van der Waals surface area contributed by atoms with E-state index in [1.54, 1.807) is 0 Å². The number of hydrogen-bond acceptors (Lipinski definition) is 1. The highest BCUT2D eigenvalue weighted by atomic mass is 16.2. The Labute approximate surface area is 103 Å². The molecule has 2 heterocycles. The Kier molecular flexibility index (Phi) is 2.65. The summed E-state index contributed by atoms with van der Waals surface area (Å²) >= 11 is 0. The molecule has 1 amide bonds. The van der Waals surface area contributed by atoms with Gasteiger partial charge in [0, 0.05) is 12.1 Å². The zero-order chi connectivity index (χ0) is 11.8. The fourth-order valence-electron chi connectivity index (χ4n) is 3.41. The highest BCUT2D eigenvalue weighted by Gasteiger charge is 2.41. The largest absolute Gasteiger partial charge is 0.336 e. The molecule has 0 saturated carbocycles. The third-order valence-corrected chi connectivity index (χ3v) is 4.18. The molecule has 0 radical (unpaired) electrons. The maximum absolute atomic E-state index is 12.3. The van der Waals surface area contributed by atoms with Gasteiger partial charge in [0.15, 0.2) is 0 Å². The van der Waals surface area contributed by atoms with E-state index >= 15 is 0 Å². The molecule has 2 fully saturated rings. The molecule has 0 atom stereocenters. The number of carbonyl (C=O) groups is 1. The molecule has 3 rings (SSSR count). The van der Waals surface area contributed by atoms with Crippen molar-refractivity contribution in [3.8, 4) is 0 Å². The summed E-state index contributed by atoms with van der Waals surface area (Å²) in [5.41, 5.74) is 2.39. The molecule has 1 aromatic carbocycles. The van der Waals surface area contributed by atoms with E-state index in [2.05, 4.69) is 30.0 Å². The molecular formula is C15H19NO. The molecule has 0 aromatic heterocycles. The van der Waals surface area contributed by atoms with Crippen LogP contribution in [0.25, 0.3) is 0 Å². The molecule has 2 aliphatic heterocycles. The number of fused-ring (bicyclic) bond motifs is 2.